The van der Waals surface area contributed by atoms with Crippen molar-refractivity contribution in [2.75, 3.05) is 0 Å². The number of halogens is 1. The molecule has 4 heteroatoms. The van der Waals surface area contributed by atoms with E-state index in [4.69, 9.17) is 4.74 Å². The molecule has 98 valence electrons. The van der Waals surface area contributed by atoms with Crippen molar-refractivity contribution in [1.82, 2.24) is 4.98 Å². The van der Waals surface area contributed by atoms with E-state index in [1.54, 1.807) is 18.5 Å². The molecule has 0 radical (unpaired) electrons. The maximum atomic E-state index is 13.0. The van der Waals surface area contributed by atoms with Crippen LogP contribution in [-0.4, -0.2) is 22.5 Å². The SMILES string of the molecule is CCC1(CCC(C)F)CC(=O)c2ccncc2O1. The summed E-state index contributed by atoms with van der Waals surface area (Å²) in [6.07, 6.45) is 4.27. The molecule has 0 saturated heterocycles. The lowest BCUT2D eigenvalue weighted by Crippen LogP contribution is -2.42. The van der Waals surface area contributed by atoms with Gasteiger partial charge < -0.3 is 4.74 Å². The van der Waals surface area contributed by atoms with Crippen LogP contribution >= 0.6 is 0 Å². The Labute approximate surface area is 106 Å². The van der Waals surface area contributed by atoms with E-state index in [0.29, 0.717) is 37.0 Å². The summed E-state index contributed by atoms with van der Waals surface area (Å²) in [5.41, 5.74) is 0.0235. The van der Waals surface area contributed by atoms with Gasteiger partial charge in [0.05, 0.1) is 24.4 Å². The highest BCUT2D eigenvalue weighted by Crippen LogP contribution is 2.37. The minimum absolute atomic E-state index is 0.0620. The topological polar surface area (TPSA) is 39.2 Å². The summed E-state index contributed by atoms with van der Waals surface area (Å²) in [4.78, 5) is 16.1. The van der Waals surface area contributed by atoms with Crippen LogP contribution in [0.5, 0.6) is 5.75 Å². The number of ketones is 1. The number of nitrogens with zero attached hydrogens (tertiary/aromatic N) is 1. The number of carbonyl (C=O) groups excluding carboxylic acids is 1. The fourth-order valence-electron chi connectivity index (χ4n) is 2.32. The van der Waals surface area contributed by atoms with Gasteiger partial charge in [-0.2, -0.15) is 0 Å². The van der Waals surface area contributed by atoms with Crippen LogP contribution in [0.3, 0.4) is 0 Å². The number of rotatable bonds is 4. The van der Waals surface area contributed by atoms with Crippen LogP contribution in [0, 0.1) is 0 Å². The molecule has 2 unspecified atom stereocenters. The zero-order valence-electron chi connectivity index (χ0n) is 10.8. The van der Waals surface area contributed by atoms with Gasteiger partial charge in [-0.3, -0.25) is 9.78 Å². The number of hydrogen-bond acceptors (Lipinski definition) is 3. The Bertz CT molecular complexity index is 447. The Morgan fingerprint density at radius 1 is 1.61 bits per heavy atom. The Balaban J connectivity index is 2.23. The Hall–Kier alpha value is -1.45. The third-order valence-electron chi connectivity index (χ3n) is 3.54. The Morgan fingerprint density at radius 3 is 3.06 bits per heavy atom. The summed E-state index contributed by atoms with van der Waals surface area (Å²) in [5.74, 6) is 0.592. The number of fused-ring (bicyclic) bond motifs is 1. The summed E-state index contributed by atoms with van der Waals surface area (Å²) in [5, 5.41) is 0. The zero-order chi connectivity index (χ0) is 13.2. The van der Waals surface area contributed by atoms with Crippen LogP contribution in [0.4, 0.5) is 4.39 Å². The first-order chi connectivity index (χ1) is 8.56. The fraction of sp³-hybridized carbons (Fsp3) is 0.571. The lowest BCUT2D eigenvalue weighted by molar-refractivity contribution is 0.0256. The summed E-state index contributed by atoms with van der Waals surface area (Å²) >= 11 is 0. The highest BCUT2D eigenvalue weighted by atomic mass is 19.1. The van der Waals surface area contributed by atoms with E-state index >= 15 is 0 Å². The zero-order valence-corrected chi connectivity index (χ0v) is 10.8. The molecule has 18 heavy (non-hydrogen) atoms. The van der Waals surface area contributed by atoms with Crippen molar-refractivity contribution in [3.63, 3.8) is 0 Å². The molecule has 0 saturated carbocycles. The molecule has 1 aliphatic rings. The second-order valence-corrected chi connectivity index (χ2v) is 4.93. The van der Waals surface area contributed by atoms with Crippen LogP contribution in [0.25, 0.3) is 0 Å². The molecule has 2 rings (SSSR count). The molecular formula is C14H18FNO2. The van der Waals surface area contributed by atoms with E-state index < -0.39 is 11.8 Å². The molecule has 1 aliphatic heterocycles. The number of carbonyl (C=O) groups is 1. The van der Waals surface area contributed by atoms with Gasteiger partial charge in [0.25, 0.3) is 0 Å². The quantitative estimate of drug-likeness (QED) is 0.824. The summed E-state index contributed by atoms with van der Waals surface area (Å²) in [6, 6.07) is 1.68. The van der Waals surface area contributed by atoms with Crippen molar-refractivity contribution in [3.8, 4) is 5.75 Å². The van der Waals surface area contributed by atoms with Crippen molar-refractivity contribution >= 4 is 5.78 Å². The van der Waals surface area contributed by atoms with E-state index in [1.807, 2.05) is 6.92 Å². The first-order valence-electron chi connectivity index (χ1n) is 6.36. The summed E-state index contributed by atoms with van der Waals surface area (Å²) < 4.78 is 18.9. The molecule has 0 spiro atoms. The minimum Gasteiger partial charge on any atom is -0.484 e. The molecule has 2 atom stereocenters. The van der Waals surface area contributed by atoms with Crippen molar-refractivity contribution < 1.29 is 13.9 Å². The second kappa shape index (κ2) is 5.04. The highest BCUT2D eigenvalue weighted by molar-refractivity contribution is 6.00. The van der Waals surface area contributed by atoms with Gasteiger partial charge in [-0.15, -0.1) is 0 Å². The fourth-order valence-corrected chi connectivity index (χ4v) is 2.32. The van der Waals surface area contributed by atoms with Crippen LogP contribution < -0.4 is 4.74 Å². The molecule has 0 aliphatic carbocycles. The minimum atomic E-state index is -0.873. The molecule has 3 nitrogen and oxygen atoms in total. The Morgan fingerprint density at radius 2 is 2.39 bits per heavy atom. The van der Waals surface area contributed by atoms with Crippen LogP contribution in [0.1, 0.15) is 49.9 Å². The first-order valence-corrected chi connectivity index (χ1v) is 6.36. The molecule has 0 amide bonds. The van der Waals surface area contributed by atoms with Crippen molar-refractivity contribution in [1.29, 1.82) is 0 Å². The number of ether oxygens (including phenoxy) is 1. The average molecular weight is 251 g/mol. The number of hydrogen-bond donors (Lipinski definition) is 0. The third kappa shape index (κ3) is 2.52. The van der Waals surface area contributed by atoms with Crippen molar-refractivity contribution in [2.45, 2.75) is 51.3 Å². The smallest absolute Gasteiger partial charge is 0.170 e. The van der Waals surface area contributed by atoms with Gasteiger partial charge in [0.1, 0.15) is 11.4 Å². The van der Waals surface area contributed by atoms with Gasteiger partial charge in [-0.05, 0) is 32.3 Å². The predicted octanol–water partition coefficient (Wildman–Crippen LogP) is 3.33. The molecule has 0 aromatic carbocycles. The van der Waals surface area contributed by atoms with E-state index in [-0.39, 0.29) is 5.78 Å². The Kier molecular flexibility index (Phi) is 3.64. The molecule has 2 heterocycles. The highest BCUT2D eigenvalue weighted by Gasteiger charge is 2.39. The van der Waals surface area contributed by atoms with Gasteiger partial charge in [0.2, 0.25) is 0 Å². The number of pyridine rings is 1. The average Bonchev–Trinajstić information content (AvgIpc) is 2.36. The number of aromatic nitrogens is 1. The second-order valence-electron chi connectivity index (χ2n) is 4.93. The molecular weight excluding hydrogens is 233 g/mol. The normalized spacial score (nSPS) is 24.3. The van der Waals surface area contributed by atoms with Gasteiger partial charge >= 0.3 is 0 Å². The van der Waals surface area contributed by atoms with Gasteiger partial charge in [-0.25, -0.2) is 4.39 Å². The molecule has 1 aromatic rings. The maximum Gasteiger partial charge on any atom is 0.170 e. The van der Waals surface area contributed by atoms with Crippen molar-refractivity contribution in [3.05, 3.63) is 24.0 Å². The van der Waals surface area contributed by atoms with Crippen molar-refractivity contribution in [2.24, 2.45) is 0 Å². The summed E-state index contributed by atoms with van der Waals surface area (Å²) in [7, 11) is 0. The molecule has 0 bridgehead atoms. The lowest BCUT2D eigenvalue weighted by atomic mass is 9.84. The molecule has 0 N–H and O–H groups in total. The number of alkyl halides is 1. The van der Waals surface area contributed by atoms with Crippen LogP contribution in [0.15, 0.2) is 18.5 Å². The standard InChI is InChI=1S/C14H18FNO2/c1-3-14(6-4-10(2)15)8-12(17)11-5-7-16-9-13(11)18-14/h5,7,9-10H,3-4,6,8H2,1-2H3. The van der Waals surface area contributed by atoms with Gasteiger partial charge in [0, 0.05) is 6.20 Å². The van der Waals surface area contributed by atoms with E-state index in [1.165, 1.54) is 6.92 Å². The first kappa shape index (κ1) is 13.0. The monoisotopic (exact) mass is 251 g/mol. The third-order valence-corrected chi connectivity index (χ3v) is 3.54. The predicted molar refractivity (Wildman–Crippen MR) is 66.6 cm³/mol. The van der Waals surface area contributed by atoms with Gasteiger partial charge in [0.15, 0.2) is 5.78 Å². The van der Waals surface area contributed by atoms with E-state index in [9.17, 15) is 9.18 Å². The molecule has 1 aromatic heterocycles. The van der Waals surface area contributed by atoms with Crippen LogP contribution in [0.2, 0.25) is 0 Å². The van der Waals surface area contributed by atoms with E-state index in [2.05, 4.69) is 4.98 Å². The van der Waals surface area contributed by atoms with Gasteiger partial charge in [-0.1, -0.05) is 6.92 Å². The largest absolute Gasteiger partial charge is 0.484 e. The molecule has 0 fully saturated rings. The lowest BCUT2D eigenvalue weighted by Gasteiger charge is -2.37. The maximum absolute atomic E-state index is 13.0. The van der Waals surface area contributed by atoms with E-state index in [0.717, 1.165) is 0 Å². The number of Topliss-reactive ketones (excluding diaryl/α,β-unsaturated/α-hetero) is 1. The summed E-state index contributed by atoms with van der Waals surface area (Å²) in [6.45, 7) is 3.50. The van der Waals surface area contributed by atoms with Crippen LogP contribution in [-0.2, 0) is 0 Å².